The van der Waals surface area contributed by atoms with Crippen molar-refractivity contribution < 1.29 is 9.53 Å². The third-order valence-electron chi connectivity index (χ3n) is 2.62. The number of rotatable bonds is 4. The Morgan fingerprint density at radius 3 is 3.00 bits per heavy atom. The summed E-state index contributed by atoms with van der Waals surface area (Å²) < 4.78 is 5.17. The molecule has 2 aromatic rings. The molecule has 16 heavy (non-hydrogen) atoms. The van der Waals surface area contributed by atoms with E-state index in [1.165, 1.54) is 0 Å². The monoisotopic (exact) mass is 218 g/mol. The smallest absolute Gasteiger partial charge is 0.217 e. The number of hydrogen-bond donors (Lipinski definition) is 2. The number of carbonyl (C=O) groups is 1. The number of nitrogens with two attached hydrogens (primary N) is 1. The highest BCUT2D eigenvalue weighted by atomic mass is 16.5. The summed E-state index contributed by atoms with van der Waals surface area (Å²) >= 11 is 0. The van der Waals surface area contributed by atoms with Crippen LogP contribution < -0.4 is 10.5 Å². The van der Waals surface area contributed by atoms with E-state index in [9.17, 15) is 4.79 Å². The second kappa shape index (κ2) is 4.26. The Bertz CT molecular complexity index is 517. The Hall–Kier alpha value is -1.97. The van der Waals surface area contributed by atoms with Gasteiger partial charge in [-0.05, 0) is 30.2 Å². The van der Waals surface area contributed by atoms with Gasteiger partial charge in [0.1, 0.15) is 5.75 Å². The van der Waals surface area contributed by atoms with Crippen LogP contribution in [-0.4, -0.2) is 18.0 Å². The molecule has 0 bridgehead atoms. The van der Waals surface area contributed by atoms with Crippen molar-refractivity contribution in [2.24, 2.45) is 5.73 Å². The summed E-state index contributed by atoms with van der Waals surface area (Å²) in [6.07, 6.45) is 2.93. The molecule has 0 saturated carbocycles. The van der Waals surface area contributed by atoms with Gasteiger partial charge in [0, 0.05) is 23.5 Å². The maximum atomic E-state index is 10.7. The van der Waals surface area contributed by atoms with Crippen LogP contribution in [0, 0.1) is 0 Å². The van der Waals surface area contributed by atoms with Gasteiger partial charge in [-0.1, -0.05) is 0 Å². The minimum Gasteiger partial charge on any atom is -0.497 e. The number of methoxy groups -OCH3 is 1. The van der Waals surface area contributed by atoms with Gasteiger partial charge in [0.25, 0.3) is 0 Å². The van der Waals surface area contributed by atoms with Crippen LogP contribution in [0.2, 0.25) is 0 Å². The first-order chi connectivity index (χ1) is 7.70. The fourth-order valence-electron chi connectivity index (χ4n) is 1.75. The Balaban J connectivity index is 2.34. The van der Waals surface area contributed by atoms with Gasteiger partial charge in [-0.3, -0.25) is 4.79 Å². The summed E-state index contributed by atoms with van der Waals surface area (Å²) in [5.41, 5.74) is 7.27. The number of aromatic nitrogens is 1. The zero-order valence-electron chi connectivity index (χ0n) is 9.12. The number of aryl methyl sites for hydroxylation is 1. The first kappa shape index (κ1) is 10.5. The number of hydrogen-bond acceptors (Lipinski definition) is 2. The molecule has 0 aliphatic heterocycles. The van der Waals surface area contributed by atoms with Gasteiger partial charge < -0.3 is 15.5 Å². The van der Waals surface area contributed by atoms with Gasteiger partial charge in [-0.15, -0.1) is 0 Å². The lowest BCUT2D eigenvalue weighted by atomic mass is 10.1. The summed E-state index contributed by atoms with van der Waals surface area (Å²) in [6, 6.07) is 5.82. The van der Waals surface area contributed by atoms with E-state index in [2.05, 4.69) is 4.98 Å². The van der Waals surface area contributed by atoms with Crippen LogP contribution in [0.25, 0.3) is 10.9 Å². The zero-order chi connectivity index (χ0) is 11.5. The molecular formula is C12H14N2O2. The van der Waals surface area contributed by atoms with E-state index < -0.39 is 0 Å². The second-order valence-electron chi connectivity index (χ2n) is 3.69. The third kappa shape index (κ3) is 2.00. The lowest BCUT2D eigenvalue weighted by Crippen LogP contribution is -2.10. The molecular weight excluding hydrogens is 204 g/mol. The van der Waals surface area contributed by atoms with E-state index in [1.807, 2.05) is 24.4 Å². The zero-order valence-corrected chi connectivity index (χ0v) is 9.12. The van der Waals surface area contributed by atoms with Gasteiger partial charge in [-0.2, -0.15) is 0 Å². The molecule has 0 aliphatic carbocycles. The molecule has 1 aromatic heterocycles. The number of amides is 1. The quantitative estimate of drug-likeness (QED) is 0.818. The molecule has 0 aliphatic rings. The molecule has 0 saturated heterocycles. The summed E-state index contributed by atoms with van der Waals surface area (Å²) in [5, 5.41) is 1.08. The molecule has 1 heterocycles. The van der Waals surface area contributed by atoms with Crippen molar-refractivity contribution in [1.82, 2.24) is 4.98 Å². The third-order valence-corrected chi connectivity index (χ3v) is 2.62. The molecule has 2 rings (SSSR count). The van der Waals surface area contributed by atoms with E-state index >= 15 is 0 Å². The Morgan fingerprint density at radius 2 is 2.31 bits per heavy atom. The van der Waals surface area contributed by atoms with Gasteiger partial charge in [-0.25, -0.2) is 0 Å². The van der Waals surface area contributed by atoms with Crippen LogP contribution in [0.15, 0.2) is 24.4 Å². The maximum absolute atomic E-state index is 10.7. The van der Waals surface area contributed by atoms with Crippen molar-refractivity contribution in [1.29, 1.82) is 0 Å². The molecule has 0 spiro atoms. The van der Waals surface area contributed by atoms with Gasteiger partial charge >= 0.3 is 0 Å². The predicted octanol–water partition coefficient (Wildman–Crippen LogP) is 1.59. The maximum Gasteiger partial charge on any atom is 0.217 e. The molecule has 4 heteroatoms. The molecule has 0 fully saturated rings. The average molecular weight is 218 g/mol. The number of fused-ring (bicyclic) bond motifs is 1. The molecule has 0 atom stereocenters. The number of nitrogens with one attached hydrogen (secondary N) is 1. The first-order valence-electron chi connectivity index (χ1n) is 5.13. The minimum absolute atomic E-state index is 0.280. The number of carbonyl (C=O) groups excluding carboxylic acids is 1. The van der Waals surface area contributed by atoms with E-state index in [0.717, 1.165) is 22.2 Å². The Kier molecular flexibility index (Phi) is 2.81. The van der Waals surface area contributed by atoms with Gasteiger partial charge in [0.15, 0.2) is 0 Å². The van der Waals surface area contributed by atoms with Crippen LogP contribution in [0.5, 0.6) is 5.75 Å². The van der Waals surface area contributed by atoms with Gasteiger partial charge in [0.2, 0.25) is 5.91 Å². The number of ether oxygens (including phenoxy) is 1. The van der Waals surface area contributed by atoms with E-state index in [4.69, 9.17) is 10.5 Å². The highest BCUT2D eigenvalue weighted by Gasteiger charge is 2.06. The standard InChI is InChI=1S/C12H14N2O2/c1-16-9-3-4-11-10(6-9)8(7-14-11)2-5-12(13)15/h3-4,6-7,14H,2,5H2,1H3,(H2,13,15). The Morgan fingerprint density at radius 1 is 1.50 bits per heavy atom. The van der Waals surface area contributed by atoms with Gasteiger partial charge in [0.05, 0.1) is 7.11 Å². The normalized spacial score (nSPS) is 10.6. The lowest BCUT2D eigenvalue weighted by Gasteiger charge is -2.01. The van der Waals surface area contributed by atoms with Crippen molar-refractivity contribution in [3.63, 3.8) is 0 Å². The minimum atomic E-state index is -0.280. The van der Waals surface area contributed by atoms with E-state index in [1.54, 1.807) is 7.11 Å². The largest absolute Gasteiger partial charge is 0.497 e. The number of H-pyrrole nitrogens is 1. The summed E-state index contributed by atoms with van der Waals surface area (Å²) in [4.78, 5) is 13.9. The summed E-state index contributed by atoms with van der Waals surface area (Å²) in [6.45, 7) is 0. The Labute approximate surface area is 93.4 Å². The van der Waals surface area contributed by atoms with E-state index in [0.29, 0.717) is 12.8 Å². The fraction of sp³-hybridized carbons (Fsp3) is 0.250. The SMILES string of the molecule is COc1ccc2[nH]cc(CCC(N)=O)c2c1. The van der Waals surface area contributed by atoms with Crippen LogP contribution in [0.1, 0.15) is 12.0 Å². The van der Waals surface area contributed by atoms with E-state index in [-0.39, 0.29) is 5.91 Å². The van der Waals surface area contributed by atoms with Crippen LogP contribution in [-0.2, 0) is 11.2 Å². The topological polar surface area (TPSA) is 68.1 Å². The molecule has 3 N–H and O–H groups in total. The number of primary amides is 1. The second-order valence-corrected chi connectivity index (χ2v) is 3.69. The molecule has 0 unspecified atom stereocenters. The first-order valence-corrected chi connectivity index (χ1v) is 5.13. The summed E-state index contributed by atoms with van der Waals surface area (Å²) in [7, 11) is 1.64. The van der Waals surface area contributed by atoms with Crippen molar-refractivity contribution in [3.8, 4) is 5.75 Å². The molecule has 1 aromatic carbocycles. The van der Waals surface area contributed by atoms with Crippen LogP contribution >= 0.6 is 0 Å². The molecule has 4 nitrogen and oxygen atoms in total. The molecule has 0 radical (unpaired) electrons. The molecule has 1 amide bonds. The number of aromatic amines is 1. The fourth-order valence-corrected chi connectivity index (χ4v) is 1.75. The summed E-state index contributed by atoms with van der Waals surface area (Å²) in [5.74, 6) is 0.532. The van der Waals surface area contributed by atoms with Crippen molar-refractivity contribution in [3.05, 3.63) is 30.0 Å². The van der Waals surface area contributed by atoms with Crippen LogP contribution in [0.4, 0.5) is 0 Å². The van der Waals surface area contributed by atoms with Crippen LogP contribution in [0.3, 0.4) is 0 Å². The van der Waals surface area contributed by atoms with Crippen molar-refractivity contribution in [2.75, 3.05) is 7.11 Å². The van der Waals surface area contributed by atoms with Crippen molar-refractivity contribution >= 4 is 16.8 Å². The predicted molar refractivity (Wildman–Crippen MR) is 62.4 cm³/mol. The molecule has 84 valence electrons. The number of benzene rings is 1. The average Bonchev–Trinajstić information content (AvgIpc) is 2.68. The lowest BCUT2D eigenvalue weighted by molar-refractivity contribution is -0.117. The van der Waals surface area contributed by atoms with Crippen molar-refractivity contribution in [2.45, 2.75) is 12.8 Å². The highest BCUT2D eigenvalue weighted by molar-refractivity contribution is 5.85. The highest BCUT2D eigenvalue weighted by Crippen LogP contribution is 2.24.